The molecular weight excluding hydrogens is 440 g/mol. The van der Waals surface area contributed by atoms with Crippen molar-refractivity contribution in [2.75, 3.05) is 18.0 Å². The number of anilines is 1. The Kier molecular flexibility index (Phi) is 6.32. The molecule has 1 aromatic heterocycles. The molecule has 0 spiro atoms. The van der Waals surface area contributed by atoms with Gasteiger partial charge in [0, 0.05) is 29.2 Å². The first-order valence-corrected chi connectivity index (χ1v) is 11.5. The zero-order chi connectivity index (χ0) is 21.1. The van der Waals surface area contributed by atoms with Gasteiger partial charge in [0.05, 0.1) is 17.1 Å². The maximum atomic E-state index is 13.2. The Morgan fingerprint density at radius 2 is 1.87 bits per heavy atom. The van der Waals surface area contributed by atoms with Gasteiger partial charge >= 0.3 is 0 Å². The minimum absolute atomic E-state index is 0.129. The monoisotopic (exact) mass is 466 g/mol. The van der Waals surface area contributed by atoms with Crippen LogP contribution < -0.4 is 10.5 Å². The van der Waals surface area contributed by atoms with Gasteiger partial charge in [0.2, 0.25) is 0 Å². The summed E-state index contributed by atoms with van der Waals surface area (Å²) < 4.78 is 2.32. The molecule has 1 aliphatic rings. The molecule has 0 aliphatic carbocycles. The van der Waals surface area contributed by atoms with Crippen LogP contribution in [0, 0.1) is 0 Å². The van der Waals surface area contributed by atoms with Gasteiger partial charge in [-0.25, -0.2) is 4.98 Å². The molecule has 0 amide bonds. The Morgan fingerprint density at radius 1 is 1.13 bits per heavy atom. The zero-order valence-corrected chi connectivity index (χ0v) is 19.1. The number of rotatable bonds is 5. The summed E-state index contributed by atoms with van der Waals surface area (Å²) in [6, 6.07) is 14.0. The van der Waals surface area contributed by atoms with Crippen LogP contribution in [0.25, 0.3) is 10.9 Å². The number of fused-ring (bicyclic) bond motifs is 1. The van der Waals surface area contributed by atoms with Gasteiger partial charge in [-0.2, -0.15) is 9.78 Å². The normalized spacial score (nSPS) is 15.8. The largest absolute Gasteiger partial charge is 0.372 e. The van der Waals surface area contributed by atoms with E-state index in [-0.39, 0.29) is 11.5 Å². The summed E-state index contributed by atoms with van der Waals surface area (Å²) in [5.74, 6) is 0.822. The lowest BCUT2D eigenvalue weighted by Crippen LogP contribution is -2.29. The molecule has 5 nitrogen and oxygen atoms in total. The van der Waals surface area contributed by atoms with Crippen LogP contribution in [0.15, 0.2) is 56.8 Å². The molecule has 156 valence electrons. The first-order chi connectivity index (χ1) is 14.6. The van der Waals surface area contributed by atoms with Crippen molar-refractivity contribution in [3.8, 4) is 0 Å². The molecule has 2 heterocycles. The minimum Gasteiger partial charge on any atom is -0.372 e. The van der Waals surface area contributed by atoms with Crippen LogP contribution in [0.3, 0.4) is 0 Å². The number of piperidine rings is 1. The average molecular weight is 467 g/mol. The van der Waals surface area contributed by atoms with Gasteiger partial charge in [-0.1, -0.05) is 41.9 Å². The summed E-state index contributed by atoms with van der Waals surface area (Å²) in [5, 5.41) is 5.12. The van der Waals surface area contributed by atoms with E-state index in [9.17, 15) is 4.79 Å². The molecule has 0 unspecified atom stereocenters. The van der Waals surface area contributed by atoms with Crippen molar-refractivity contribution in [2.45, 2.75) is 45.4 Å². The van der Waals surface area contributed by atoms with Crippen LogP contribution in [0.5, 0.6) is 0 Å². The fourth-order valence-corrected chi connectivity index (χ4v) is 4.19. The summed E-state index contributed by atoms with van der Waals surface area (Å²) in [4.78, 5) is 20.4. The maximum Gasteiger partial charge on any atom is 0.282 e. The standard InChI is InChI=1S/C24H27BrN4O/c1-3-17(2)23-27-22-12-9-19(25)15-21(22)24(30)29(23)26-16-18-7-10-20(11-8-18)28-13-5-4-6-14-28/h7-12,15-17H,3-6,13-14H2,1-2H3/t17-/m1/s1. The van der Waals surface area contributed by atoms with Gasteiger partial charge in [-0.3, -0.25) is 4.79 Å². The van der Waals surface area contributed by atoms with Crippen molar-refractivity contribution in [3.05, 3.63) is 68.7 Å². The number of nitrogens with zero attached hydrogens (tertiary/aromatic N) is 4. The van der Waals surface area contributed by atoms with E-state index in [1.54, 1.807) is 6.21 Å². The van der Waals surface area contributed by atoms with Crippen molar-refractivity contribution < 1.29 is 0 Å². The van der Waals surface area contributed by atoms with E-state index in [0.717, 1.165) is 29.5 Å². The Balaban J connectivity index is 1.69. The van der Waals surface area contributed by atoms with Crippen LogP contribution in [0.2, 0.25) is 0 Å². The third-order valence-corrected chi connectivity index (χ3v) is 6.32. The summed E-state index contributed by atoms with van der Waals surface area (Å²) >= 11 is 3.45. The second-order valence-electron chi connectivity index (χ2n) is 7.94. The highest BCUT2D eigenvalue weighted by Gasteiger charge is 2.15. The molecule has 1 aliphatic heterocycles. The lowest BCUT2D eigenvalue weighted by molar-refractivity contribution is 0.578. The van der Waals surface area contributed by atoms with Crippen molar-refractivity contribution >= 4 is 38.7 Å². The molecule has 0 radical (unpaired) electrons. The van der Waals surface area contributed by atoms with Gasteiger partial charge in [-0.05, 0) is 61.6 Å². The number of benzene rings is 2. The van der Waals surface area contributed by atoms with E-state index in [4.69, 9.17) is 4.98 Å². The Morgan fingerprint density at radius 3 is 2.57 bits per heavy atom. The molecule has 0 N–H and O–H groups in total. The Hall–Kier alpha value is -2.47. The first-order valence-electron chi connectivity index (χ1n) is 10.7. The maximum absolute atomic E-state index is 13.2. The van der Waals surface area contributed by atoms with E-state index in [1.807, 2.05) is 18.2 Å². The fourth-order valence-electron chi connectivity index (χ4n) is 3.83. The summed E-state index contributed by atoms with van der Waals surface area (Å²) in [6.45, 7) is 6.42. The van der Waals surface area contributed by atoms with Crippen LogP contribution in [-0.4, -0.2) is 29.0 Å². The highest BCUT2D eigenvalue weighted by atomic mass is 79.9. The number of aromatic nitrogens is 2. The van der Waals surface area contributed by atoms with Gasteiger partial charge < -0.3 is 4.90 Å². The van der Waals surface area contributed by atoms with Crippen LogP contribution in [-0.2, 0) is 0 Å². The second-order valence-corrected chi connectivity index (χ2v) is 8.86. The van der Waals surface area contributed by atoms with E-state index >= 15 is 0 Å². The van der Waals surface area contributed by atoms with E-state index in [2.05, 4.69) is 64.0 Å². The van der Waals surface area contributed by atoms with Gasteiger partial charge in [0.25, 0.3) is 5.56 Å². The molecule has 0 saturated carbocycles. The smallest absolute Gasteiger partial charge is 0.282 e. The molecule has 3 aromatic rings. The fraction of sp³-hybridized carbons (Fsp3) is 0.375. The molecule has 1 saturated heterocycles. The highest BCUT2D eigenvalue weighted by Crippen LogP contribution is 2.22. The third-order valence-electron chi connectivity index (χ3n) is 5.82. The summed E-state index contributed by atoms with van der Waals surface area (Å²) in [6.07, 6.45) is 6.48. The zero-order valence-electron chi connectivity index (χ0n) is 17.5. The molecule has 1 fully saturated rings. The molecular formula is C24H27BrN4O. The van der Waals surface area contributed by atoms with Crippen molar-refractivity contribution in [1.29, 1.82) is 0 Å². The van der Waals surface area contributed by atoms with Gasteiger partial charge in [0.1, 0.15) is 5.82 Å². The molecule has 4 rings (SSSR count). The SMILES string of the molecule is CC[C@@H](C)c1nc2ccc(Br)cc2c(=O)n1N=Cc1ccc(N2CCCCC2)cc1. The van der Waals surface area contributed by atoms with Crippen LogP contribution in [0.1, 0.15) is 56.8 Å². The molecule has 1 atom stereocenters. The number of halogens is 1. The summed E-state index contributed by atoms with van der Waals surface area (Å²) in [5.41, 5.74) is 2.78. The molecule has 0 bridgehead atoms. The predicted octanol–water partition coefficient (Wildman–Crippen LogP) is 5.55. The highest BCUT2D eigenvalue weighted by molar-refractivity contribution is 9.10. The van der Waals surface area contributed by atoms with Crippen LogP contribution >= 0.6 is 15.9 Å². The third kappa shape index (κ3) is 4.33. The predicted molar refractivity (Wildman–Crippen MR) is 128 cm³/mol. The molecule has 30 heavy (non-hydrogen) atoms. The molecule has 2 aromatic carbocycles. The lowest BCUT2D eigenvalue weighted by Gasteiger charge is -2.28. The topological polar surface area (TPSA) is 50.5 Å². The van der Waals surface area contributed by atoms with Gasteiger partial charge in [-0.15, -0.1) is 0 Å². The van der Waals surface area contributed by atoms with Crippen molar-refractivity contribution in [1.82, 2.24) is 9.66 Å². The van der Waals surface area contributed by atoms with E-state index < -0.39 is 0 Å². The Labute approximate surface area is 185 Å². The number of hydrogen-bond donors (Lipinski definition) is 0. The van der Waals surface area contributed by atoms with E-state index in [0.29, 0.717) is 16.7 Å². The molecule has 6 heteroatoms. The second kappa shape index (κ2) is 9.13. The lowest BCUT2D eigenvalue weighted by atomic mass is 10.1. The quantitative estimate of drug-likeness (QED) is 0.463. The van der Waals surface area contributed by atoms with Crippen LogP contribution in [0.4, 0.5) is 5.69 Å². The van der Waals surface area contributed by atoms with Gasteiger partial charge in [0.15, 0.2) is 0 Å². The van der Waals surface area contributed by atoms with E-state index in [1.165, 1.54) is 29.6 Å². The average Bonchev–Trinajstić information content (AvgIpc) is 2.79. The first kappa shape index (κ1) is 20.8. The Bertz CT molecular complexity index is 1110. The number of hydrogen-bond acceptors (Lipinski definition) is 4. The van der Waals surface area contributed by atoms with Crippen molar-refractivity contribution in [2.24, 2.45) is 5.10 Å². The minimum atomic E-state index is -0.141. The summed E-state index contributed by atoms with van der Waals surface area (Å²) in [7, 11) is 0. The van der Waals surface area contributed by atoms with Crippen molar-refractivity contribution in [3.63, 3.8) is 0 Å².